The summed E-state index contributed by atoms with van der Waals surface area (Å²) >= 11 is 0. The minimum absolute atomic E-state index is 0.888. The van der Waals surface area contributed by atoms with Gasteiger partial charge in [0.15, 0.2) is 0 Å². The molecule has 0 aromatic rings. The van der Waals surface area contributed by atoms with E-state index >= 15 is 0 Å². The predicted molar refractivity (Wildman–Crippen MR) is 48.3 cm³/mol. The number of rotatable bonds is 0. The van der Waals surface area contributed by atoms with Gasteiger partial charge in [0.05, 0.1) is 0 Å². The molecule has 2 aliphatic rings. The van der Waals surface area contributed by atoms with E-state index in [-0.39, 0.29) is 0 Å². The van der Waals surface area contributed by atoms with Crippen molar-refractivity contribution in [3.8, 4) is 0 Å². The van der Waals surface area contributed by atoms with E-state index in [1.807, 2.05) is 0 Å². The highest BCUT2D eigenvalue weighted by Crippen LogP contribution is 2.40. The van der Waals surface area contributed by atoms with Gasteiger partial charge < -0.3 is 0 Å². The lowest BCUT2D eigenvalue weighted by molar-refractivity contribution is 0.392. The lowest BCUT2D eigenvalue weighted by Crippen LogP contribution is -2.14. The van der Waals surface area contributed by atoms with Crippen LogP contribution >= 0.6 is 0 Å². The molecule has 2 rings (SSSR count). The van der Waals surface area contributed by atoms with Gasteiger partial charge in [-0.3, -0.25) is 0 Å². The summed E-state index contributed by atoms with van der Waals surface area (Å²) in [5, 5.41) is 0. The standard InChI is InChI=1S/C11H16/c1-8-6-10-4-3-5-11(10)7-9(8)2/h3-4,10-11H,5-7H2,1-2H3/t10-,11+/m1/s1. The van der Waals surface area contributed by atoms with Gasteiger partial charge in [0.2, 0.25) is 0 Å². The molecule has 0 aromatic heterocycles. The molecule has 2 atom stereocenters. The Morgan fingerprint density at radius 1 is 1.18 bits per heavy atom. The van der Waals surface area contributed by atoms with E-state index in [9.17, 15) is 0 Å². The molecule has 0 radical (unpaired) electrons. The zero-order valence-electron chi connectivity index (χ0n) is 7.43. The molecule has 0 nitrogen and oxygen atoms in total. The van der Waals surface area contributed by atoms with Gasteiger partial charge in [-0.25, -0.2) is 0 Å². The highest BCUT2D eigenvalue weighted by molar-refractivity contribution is 5.20. The molecule has 0 aliphatic heterocycles. The SMILES string of the molecule is CC1=C(C)C[C@H]2C=CC[C@H]2C1. The van der Waals surface area contributed by atoms with Crippen molar-refractivity contribution in [2.75, 3.05) is 0 Å². The fraction of sp³-hybridized carbons (Fsp3) is 0.636. The van der Waals surface area contributed by atoms with E-state index in [2.05, 4.69) is 26.0 Å². The third-order valence-electron chi connectivity index (χ3n) is 3.27. The topological polar surface area (TPSA) is 0 Å². The summed E-state index contributed by atoms with van der Waals surface area (Å²) in [4.78, 5) is 0. The van der Waals surface area contributed by atoms with Gasteiger partial charge >= 0.3 is 0 Å². The summed E-state index contributed by atoms with van der Waals surface area (Å²) in [5.41, 5.74) is 3.28. The molecular weight excluding hydrogens is 132 g/mol. The first kappa shape index (κ1) is 7.15. The first-order chi connectivity index (χ1) is 5.27. The van der Waals surface area contributed by atoms with Gasteiger partial charge in [-0.2, -0.15) is 0 Å². The van der Waals surface area contributed by atoms with Crippen molar-refractivity contribution in [3.05, 3.63) is 23.3 Å². The average molecular weight is 148 g/mol. The van der Waals surface area contributed by atoms with Gasteiger partial charge in [0.25, 0.3) is 0 Å². The third-order valence-corrected chi connectivity index (χ3v) is 3.27. The Balaban J connectivity index is 2.19. The third kappa shape index (κ3) is 1.15. The molecule has 0 bridgehead atoms. The summed E-state index contributed by atoms with van der Waals surface area (Å²) in [6.07, 6.45) is 8.79. The average Bonchev–Trinajstić information content (AvgIpc) is 2.36. The van der Waals surface area contributed by atoms with E-state index in [0.717, 1.165) is 11.8 Å². The molecule has 11 heavy (non-hydrogen) atoms. The van der Waals surface area contributed by atoms with Crippen LogP contribution in [-0.4, -0.2) is 0 Å². The molecule has 0 saturated carbocycles. The Kier molecular flexibility index (Phi) is 1.63. The Hall–Kier alpha value is -0.520. The minimum atomic E-state index is 0.888. The highest BCUT2D eigenvalue weighted by Gasteiger charge is 2.27. The van der Waals surface area contributed by atoms with Gasteiger partial charge in [0, 0.05) is 0 Å². The summed E-state index contributed by atoms with van der Waals surface area (Å²) in [7, 11) is 0. The first-order valence-electron chi connectivity index (χ1n) is 4.59. The van der Waals surface area contributed by atoms with Gasteiger partial charge in [-0.15, -0.1) is 0 Å². The van der Waals surface area contributed by atoms with Crippen LogP contribution in [0.2, 0.25) is 0 Å². The van der Waals surface area contributed by atoms with Crippen LogP contribution in [0.4, 0.5) is 0 Å². The monoisotopic (exact) mass is 148 g/mol. The van der Waals surface area contributed by atoms with E-state index in [1.54, 1.807) is 11.1 Å². The van der Waals surface area contributed by atoms with Gasteiger partial charge in [-0.05, 0) is 44.9 Å². The molecule has 0 fully saturated rings. The van der Waals surface area contributed by atoms with E-state index < -0.39 is 0 Å². The fourth-order valence-electron chi connectivity index (χ4n) is 2.32. The molecule has 0 spiro atoms. The van der Waals surface area contributed by atoms with Crippen molar-refractivity contribution in [1.82, 2.24) is 0 Å². The zero-order chi connectivity index (χ0) is 7.84. The van der Waals surface area contributed by atoms with E-state index in [1.165, 1.54) is 19.3 Å². The lowest BCUT2D eigenvalue weighted by atomic mass is 9.78. The number of allylic oxidation sites excluding steroid dienone is 4. The van der Waals surface area contributed by atoms with E-state index in [4.69, 9.17) is 0 Å². The maximum atomic E-state index is 2.42. The van der Waals surface area contributed by atoms with Crippen LogP contribution in [0.15, 0.2) is 23.3 Å². The van der Waals surface area contributed by atoms with E-state index in [0.29, 0.717) is 0 Å². The quantitative estimate of drug-likeness (QED) is 0.462. The van der Waals surface area contributed by atoms with Crippen molar-refractivity contribution in [2.24, 2.45) is 11.8 Å². The fourth-order valence-corrected chi connectivity index (χ4v) is 2.32. The van der Waals surface area contributed by atoms with Crippen LogP contribution in [0.25, 0.3) is 0 Å². The smallest absolute Gasteiger partial charge is 0.0162 e. The Morgan fingerprint density at radius 3 is 2.73 bits per heavy atom. The summed E-state index contributed by atoms with van der Waals surface area (Å²) < 4.78 is 0. The van der Waals surface area contributed by atoms with Crippen molar-refractivity contribution in [1.29, 1.82) is 0 Å². The molecule has 0 aromatic carbocycles. The van der Waals surface area contributed by atoms with Gasteiger partial charge in [0.1, 0.15) is 0 Å². The Morgan fingerprint density at radius 2 is 1.91 bits per heavy atom. The molecule has 0 unspecified atom stereocenters. The lowest BCUT2D eigenvalue weighted by Gasteiger charge is -2.26. The van der Waals surface area contributed by atoms with Crippen LogP contribution in [0.3, 0.4) is 0 Å². The highest BCUT2D eigenvalue weighted by atomic mass is 14.3. The van der Waals surface area contributed by atoms with Crippen LogP contribution in [0, 0.1) is 11.8 Å². The second kappa shape index (κ2) is 2.51. The van der Waals surface area contributed by atoms with Crippen molar-refractivity contribution in [2.45, 2.75) is 33.1 Å². The first-order valence-corrected chi connectivity index (χ1v) is 4.59. The predicted octanol–water partition coefficient (Wildman–Crippen LogP) is 3.31. The van der Waals surface area contributed by atoms with Crippen LogP contribution in [-0.2, 0) is 0 Å². The second-order valence-corrected chi connectivity index (χ2v) is 4.06. The molecule has 2 aliphatic carbocycles. The zero-order valence-corrected chi connectivity index (χ0v) is 7.43. The summed E-state index contributed by atoms with van der Waals surface area (Å²) in [6, 6.07) is 0. The van der Waals surface area contributed by atoms with Crippen LogP contribution < -0.4 is 0 Å². The number of hydrogen-bond acceptors (Lipinski definition) is 0. The van der Waals surface area contributed by atoms with Crippen molar-refractivity contribution in [3.63, 3.8) is 0 Å². The molecule has 0 N–H and O–H groups in total. The van der Waals surface area contributed by atoms with Gasteiger partial charge in [-0.1, -0.05) is 23.3 Å². The maximum absolute atomic E-state index is 2.42. The van der Waals surface area contributed by atoms with Crippen LogP contribution in [0.5, 0.6) is 0 Å². The number of hydrogen-bond donors (Lipinski definition) is 0. The van der Waals surface area contributed by atoms with Crippen LogP contribution in [0.1, 0.15) is 33.1 Å². The number of fused-ring (bicyclic) bond motifs is 1. The largest absolute Gasteiger partial charge is 0.0879 e. The van der Waals surface area contributed by atoms with Crippen molar-refractivity contribution >= 4 is 0 Å². The molecule has 60 valence electrons. The second-order valence-electron chi connectivity index (χ2n) is 4.06. The molecular formula is C11H16. The molecule has 0 heteroatoms. The normalized spacial score (nSPS) is 36.2. The molecule has 0 saturated heterocycles. The summed E-state index contributed by atoms with van der Waals surface area (Å²) in [5.74, 6) is 1.84. The minimum Gasteiger partial charge on any atom is -0.0879 e. The molecule has 0 amide bonds. The van der Waals surface area contributed by atoms with Crippen molar-refractivity contribution < 1.29 is 0 Å². The Labute approximate surface area is 69.0 Å². The summed E-state index contributed by atoms with van der Waals surface area (Å²) in [6.45, 7) is 4.58. The maximum Gasteiger partial charge on any atom is -0.0162 e. The Bertz CT molecular complexity index is 220. The molecule has 0 heterocycles.